The molecule has 0 bridgehead atoms. The number of likely N-dealkylation sites (N-methyl/N-ethyl adjacent to an activating group) is 1. The minimum Gasteiger partial charge on any atom is -0.454 e. The number of halogens is 1. The molecule has 4 heterocycles. The van der Waals surface area contributed by atoms with E-state index in [4.69, 9.17) is 9.47 Å². The lowest BCUT2D eigenvalue weighted by atomic mass is 9.72. The molecule has 2 aliphatic carbocycles. The number of hydrogen-bond acceptors (Lipinski definition) is 7. The molecule has 6 aliphatic rings. The van der Waals surface area contributed by atoms with Crippen molar-refractivity contribution in [2.45, 2.75) is 106 Å². The van der Waals surface area contributed by atoms with E-state index >= 15 is 0 Å². The number of β-amino-alcohol motifs (C(OH)–C–C–N with tert-alkyl or cyclic N) is 1. The Morgan fingerprint density at radius 2 is 1.73 bits per heavy atom. The Balaban J connectivity index is 1.03. The lowest BCUT2D eigenvalue weighted by Gasteiger charge is -2.42. The second kappa shape index (κ2) is 13.9. The molecule has 6 unspecified atom stereocenters. The number of rotatable bonds is 6. The molecular weight excluding hydrogens is 712 g/mol. The number of carbonyl (C=O) groups excluding carboxylic acids is 3. The summed E-state index contributed by atoms with van der Waals surface area (Å²) >= 11 is 4.01. The van der Waals surface area contributed by atoms with Gasteiger partial charge in [0.15, 0.2) is 11.5 Å². The minimum absolute atomic E-state index is 0.0753. The van der Waals surface area contributed by atoms with Crippen molar-refractivity contribution in [1.29, 1.82) is 0 Å². The molecule has 3 amide bonds. The molecule has 8 rings (SSSR count). The maximum atomic E-state index is 14.5. The van der Waals surface area contributed by atoms with Crippen molar-refractivity contribution in [3.8, 4) is 11.5 Å². The molecule has 2 N–H and O–H groups in total. The van der Waals surface area contributed by atoms with Gasteiger partial charge in [0.2, 0.25) is 24.5 Å². The lowest BCUT2D eigenvalue weighted by Crippen LogP contribution is -2.59. The molecular formula is C40H51BrN4O6. The van der Waals surface area contributed by atoms with Crippen LogP contribution in [0.5, 0.6) is 11.5 Å². The number of ether oxygens (including phenoxy) is 2. The quantitative estimate of drug-likeness (QED) is 0.303. The molecule has 1 saturated heterocycles. The Hall–Kier alpha value is -3.31. The fourth-order valence-electron chi connectivity index (χ4n) is 10.2. The first-order chi connectivity index (χ1) is 24.6. The van der Waals surface area contributed by atoms with Gasteiger partial charge in [0, 0.05) is 56.1 Å². The predicted molar refractivity (Wildman–Crippen MR) is 198 cm³/mol. The highest BCUT2D eigenvalue weighted by Gasteiger charge is 2.51. The Morgan fingerprint density at radius 3 is 2.51 bits per heavy atom. The first kappa shape index (κ1) is 34.8. The van der Waals surface area contributed by atoms with Crippen molar-refractivity contribution in [2.75, 3.05) is 43.3 Å². The highest BCUT2D eigenvalue weighted by atomic mass is 79.9. The Bertz CT molecular complexity index is 1680. The van der Waals surface area contributed by atoms with Crippen molar-refractivity contribution in [1.82, 2.24) is 10.2 Å². The van der Waals surface area contributed by atoms with Gasteiger partial charge in [0.25, 0.3) is 0 Å². The summed E-state index contributed by atoms with van der Waals surface area (Å²) in [5.74, 6) is 2.22. The van der Waals surface area contributed by atoms with Crippen LogP contribution >= 0.6 is 15.9 Å². The summed E-state index contributed by atoms with van der Waals surface area (Å²) in [6.07, 6.45) is 10.9. The number of aliphatic hydroxyl groups is 1. The number of amides is 3. The summed E-state index contributed by atoms with van der Waals surface area (Å²) in [5, 5.41) is 13.9. The van der Waals surface area contributed by atoms with Crippen LogP contribution in [0.15, 0.2) is 36.4 Å². The zero-order valence-corrected chi connectivity index (χ0v) is 31.4. The van der Waals surface area contributed by atoms with Gasteiger partial charge in [-0.1, -0.05) is 72.7 Å². The molecule has 2 saturated carbocycles. The summed E-state index contributed by atoms with van der Waals surface area (Å²) < 4.78 is 11.5. The van der Waals surface area contributed by atoms with Gasteiger partial charge in [0.1, 0.15) is 12.1 Å². The van der Waals surface area contributed by atoms with Crippen molar-refractivity contribution < 1.29 is 29.0 Å². The van der Waals surface area contributed by atoms with Crippen LogP contribution < -0.4 is 24.6 Å². The second-order valence-corrected chi connectivity index (χ2v) is 17.4. The Labute approximate surface area is 309 Å². The van der Waals surface area contributed by atoms with Crippen LogP contribution in [-0.2, 0) is 26.2 Å². The molecule has 7 atom stereocenters. The maximum absolute atomic E-state index is 14.5. The van der Waals surface area contributed by atoms with Crippen molar-refractivity contribution in [3.05, 3.63) is 47.5 Å². The zero-order valence-electron chi connectivity index (χ0n) is 29.8. The number of anilines is 2. The molecule has 0 aromatic heterocycles. The molecule has 51 heavy (non-hydrogen) atoms. The number of fused-ring (bicyclic) bond motifs is 3. The molecule has 3 fully saturated rings. The van der Waals surface area contributed by atoms with Crippen LogP contribution in [0.1, 0.15) is 82.3 Å². The van der Waals surface area contributed by atoms with Crippen LogP contribution in [0, 0.1) is 17.8 Å². The van der Waals surface area contributed by atoms with Crippen molar-refractivity contribution >= 4 is 45.0 Å². The standard InChI is InChI=1S/C40H51BrN4O6/c1-40(22-43(2)32-12-8-7-11-29(32)40)39(49)45-21-28(46)18-34(45)37(47)42-31-16-26-17-35-36(51-23-50-35)19-33(26)44(38(31)48)20-27-15-25(13-14-30(27)41)24-9-5-3-4-6-10-24/h7-8,11-12,17,19,24-25,27-28,30-31,34,46H,3-6,9-10,13-16,18,20-23H2,1-2H3,(H,42,47)/t25?,27?,28-,30?,31?,34?,40?/m1/s1. The SMILES string of the molecule is CN1CC(C)(C(=O)N2C[C@H](O)CC2C(=O)NC2Cc3cc4c(cc3N(CC3CC(C5CCCCCC5)CCC3Br)C2=O)OCO4)c2ccccc21. The van der Waals surface area contributed by atoms with E-state index in [-0.39, 0.29) is 37.5 Å². The van der Waals surface area contributed by atoms with Crippen molar-refractivity contribution in [2.24, 2.45) is 17.8 Å². The monoisotopic (exact) mass is 762 g/mol. The Morgan fingerprint density at radius 1 is 0.980 bits per heavy atom. The van der Waals surface area contributed by atoms with Gasteiger partial charge in [0.05, 0.1) is 17.2 Å². The summed E-state index contributed by atoms with van der Waals surface area (Å²) in [6, 6.07) is 10.0. The van der Waals surface area contributed by atoms with Crippen LogP contribution in [0.25, 0.3) is 0 Å². The number of likely N-dealkylation sites (tertiary alicyclic amines) is 1. The van der Waals surface area contributed by atoms with E-state index in [0.717, 1.165) is 41.3 Å². The summed E-state index contributed by atoms with van der Waals surface area (Å²) in [6.45, 7) is 3.16. The number of nitrogens with zero attached hydrogens (tertiary/aromatic N) is 3. The fourth-order valence-corrected chi connectivity index (χ4v) is 10.8. The number of hydrogen-bond donors (Lipinski definition) is 2. The van der Waals surface area contributed by atoms with E-state index in [0.29, 0.717) is 41.8 Å². The third-order valence-corrected chi connectivity index (χ3v) is 14.1. The molecule has 0 spiro atoms. The number of alkyl halides is 1. The smallest absolute Gasteiger partial charge is 0.249 e. The summed E-state index contributed by atoms with van der Waals surface area (Å²) in [5.41, 5.74) is 2.78. The normalized spacial score (nSPS) is 32.1. The zero-order chi connectivity index (χ0) is 35.4. The van der Waals surface area contributed by atoms with E-state index in [1.165, 1.54) is 49.8 Å². The Kier molecular flexibility index (Phi) is 9.48. The van der Waals surface area contributed by atoms with Crippen LogP contribution in [0.4, 0.5) is 11.4 Å². The van der Waals surface area contributed by atoms with Crippen LogP contribution in [0.2, 0.25) is 0 Å². The summed E-state index contributed by atoms with van der Waals surface area (Å²) in [4.78, 5) is 48.9. The third kappa shape index (κ3) is 6.40. The average Bonchev–Trinajstić information content (AvgIpc) is 3.74. The fraction of sp³-hybridized carbons (Fsp3) is 0.625. The number of aliphatic hydroxyl groups excluding tert-OH is 1. The number of nitrogens with one attached hydrogen (secondary N) is 1. The van der Waals surface area contributed by atoms with Gasteiger partial charge in [-0.15, -0.1) is 0 Å². The van der Waals surface area contributed by atoms with E-state index in [1.807, 2.05) is 55.3 Å². The topological polar surface area (TPSA) is 112 Å². The maximum Gasteiger partial charge on any atom is 0.249 e. The molecule has 274 valence electrons. The summed E-state index contributed by atoms with van der Waals surface area (Å²) in [7, 11) is 1.97. The number of benzene rings is 2. The molecule has 0 radical (unpaired) electrons. The molecule has 11 heteroatoms. The van der Waals surface area contributed by atoms with Crippen LogP contribution in [0.3, 0.4) is 0 Å². The van der Waals surface area contributed by atoms with Crippen LogP contribution in [-0.4, -0.2) is 84.2 Å². The van der Waals surface area contributed by atoms with Gasteiger partial charge in [-0.2, -0.15) is 0 Å². The van der Waals surface area contributed by atoms with Gasteiger partial charge in [-0.3, -0.25) is 14.4 Å². The molecule has 4 aliphatic heterocycles. The molecule has 10 nitrogen and oxygen atoms in total. The van der Waals surface area contributed by atoms with E-state index in [2.05, 4.69) is 26.1 Å². The number of carbonyl (C=O) groups is 3. The molecule has 2 aromatic carbocycles. The highest BCUT2D eigenvalue weighted by Crippen LogP contribution is 2.46. The van der Waals surface area contributed by atoms with E-state index in [9.17, 15) is 19.5 Å². The minimum atomic E-state index is -0.882. The van der Waals surface area contributed by atoms with Gasteiger partial charge < -0.3 is 34.6 Å². The number of para-hydroxylation sites is 1. The predicted octanol–water partition coefficient (Wildman–Crippen LogP) is 5.31. The second-order valence-electron chi connectivity index (χ2n) is 16.2. The van der Waals surface area contributed by atoms with Gasteiger partial charge in [-0.05, 0) is 67.2 Å². The first-order valence-corrected chi connectivity index (χ1v) is 20.0. The third-order valence-electron chi connectivity index (χ3n) is 12.9. The van der Waals surface area contributed by atoms with Gasteiger partial charge >= 0.3 is 0 Å². The average molecular weight is 764 g/mol. The first-order valence-electron chi connectivity index (χ1n) is 19.1. The van der Waals surface area contributed by atoms with Crippen molar-refractivity contribution in [3.63, 3.8) is 0 Å². The largest absolute Gasteiger partial charge is 0.454 e. The lowest BCUT2D eigenvalue weighted by molar-refractivity contribution is -0.142. The highest BCUT2D eigenvalue weighted by molar-refractivity contribution is 9.09. The molecule has 2 aromatic rings. The van der Waals surface area contributed by atoms with E-state index < -0.39 is 29.5 Å². The van der Waals surface area contributed by atoms with E-state index in [1.54, 1.807) is 0 Å². The van der Waals surface area contributed by atoms with Gasteiger partial charge in [-0.25, -0.2) is 0 Å².